The molecule has 0 saturated carbocycles. The zero-order valence-electron chi connectivity index (χ0n) is 11.8. The van der Waals surface area contributed by atoms with Crippen LogP contribution in [0.5, 0.6) is 0 Å². The van der Waals surface area contributed by atoms with Crippen LogP contribution in [-0.4, -0.2) is 36.4 Å². The third kappa shape index (κ3) is 3.24. The highest BCUT2D eigenvalue weighted by atomic mass is 32.2. The van der Waals surface area contributed by atoms with Crippen LogP contribution in [0.25, 0.3) is 0 Å². The number of nitrogens with zero attached hydrogens (tertiary/aromatic N) is 1. The van der Waals surface area contributed by atoms with E-state index in [0.717, 1.165) is 16.8 Å². The van der Waals surface area contributed by atoms with Crippen LogP contribution < -0.4 is 0 Å². The number of sulfonamides is 1. The molecule has 1 unspecified atom stereocenters. The van der Waals surface area contributed by atoms with E-state index in [0.29, 0.717) is 18.4 Å². The molecule has 5 nitrogen and oxygen atoms in total. The van der Waals surface area contributed by atoms with Gasteiger partial charge in [-0.1, -0.05) is 18.9 Å². The zero-order valence-corrected chi connectivity index (χ0v) is 12.6. The Labute approximate surface area is 123 Å². The summed E-state index contributed by atoms with van der Waals surface area (Å²) in [5, 5.41) is 9.26. The van der Waals surface area contributed by atoms with E-state index in [2.05, 4.69) is 0 Å². The molecule has 21 heavy (non-hydrogen) atoms. The minimum atomic E-state index is -4.01. The number of hydrogen-bond acceptors (Lipinski definition) is 3. The summed E-state index contributed by atoms with van der Waals surface area (Å²) in [6.45, 7) is 1.69. The van der Waals surface area contributed by atoms with Gasteiger partial charge in [-0.2, -0.15) is 4.31 Å². The molecule has 1 aliphatic rings. The zero-order chi connectivity index (χ0) is 15.6. The molecule has 0 amide bonds. The van der Waals surface area contributed by atoms with E-state index in [-0.39, 0.29) is 17.9 Å². The molecule has 1 saturated heterocycles. The molecule has 116 valence electrons. The van der Waals surface area contributed by atoms with Crippen molar-refractivity contribution < 1.29 is 22.7 Å². The predicted molar refractivity (Wildman–Crippen MR) is 74.9 cm³/mol. The Morgan fingerprint density at radius 1 is 1.33 bits per heavy atom. The Balaban J connectivity index is 2.43. The van der Waals surface area contributed by atoms with Crippen molar-refractivity contribution in [2.75, 3.05) is 6.54 Å². The van der Waals surface area contributed by atoms with Gasteiger partial charge in [0.2, 0.25) is 10.0 Å². The van der Waals surface area contributed by atoms with Gasteiger partial charge in [0.25, 0.3) is 0 Å². The first-order chi connectivity index (χ1) is 9.84. The number of benzene rings is 1. The normalized spacial score (nSPS) is 21.0. The number of aryl methyl sites for hydroxylation is 1. The lowest BCUT2D eigenvalue weighted by atomic mass is 10.1. The Morgan fingerprint density at radius 3 is 2.67 bits per heavy atom. The molecule has 7 heteroatoms. The molecule has 0 aliphatic carbocycles. The molecular formula is C14H18FNO4S. The third-order valence-electron chi connectivity index (χ3n) is 3.74. The van der Waals surface area contributed by atoms with Gasteiger partial charge < -0.3 is 5.11 Å². The fraction of sp³-hybridized carbons (Fsp3) is 0.500. The monoisotopic (exact) mass is 315 g/mol. The van der Waals surface area contributed by atoms with Gasteiger partial charge in [-0.15, -0.1) is 0 Å². The molecule has 0 spiro atoms. The van der Waals surface area contributed by atoms with E-state index in [9.17, 15) is 22.7 Å². The molecule has 0 bridgehead atoms. The minimum Gasteiger partial charge on any atom is -0.480 e. The Kier molecular flexibility index (Phi) is 4.63. The van der Waals surface area contributed by atoms with E-state index in [1.807, 2.05) is 0 Å². The molecule has 0 aromatic heterocycles. The van der Waals surface area contributed by atoms with Gasteiger partial charge in [-0.05, 0) is 37.5 Å². The van der Waals surface area contributed by atoms with Crippen molar-refractivity contribution in [3.63, 3.8) is 0 Å². The van der Waals surface area contributed by atoms with Gasteiger partial charge in [0.1, 0.15) is 11.9 Å². The number of aliphatic carboxylic acids is 1. The third-order valence-corrected chi connectivity index (χ3v) is 5.64. The van der Waals surface area contributed by atoms with Crippen LogP contribution in [0.15, 0.2) is 23.1 Å². The van der Waals surface area contributed by atoms with Gasteiger partial charge in [-0.25, -0.2) is 12.8 Å². The maximum absolute atomic E-state index is 13.6. The maximum atomic E-state index is 13.6. The molecule has 1 aromatic rings. The van der Waals surface area contributed by atoms with Crippen LogP contribution in [0.1, 0.15) is 31.2 Å². The smallest absolute Gasteiger partial charge is 0.322 e. The number of carbonyl (C=O) groups is 1. The Morgan fingerprint density at radius 2 is 2.05 bits per heavy atom. The standard InChI is InChI=1S/C14H18FNO4S/c1-10-6-7-11(9-12(10)15)21(19,20)16-8-4-2-3-5-13(16)14(17)18/h6-7,9,13H,2-5,8H2,1H3,(H,17,18). The van der Waals surface area contributed by atoms with Crippen molar-refractivity contribution in [1.29, 1.82) is 0 Å². The van der Waals surface area contributed by atoms with Crippen molar-refractivity contribution in [2.45, 2.75) is 43.5 Å². The van der Waals surface area contributed by atoms with Crippen LogP contribution in [0.4, 0.5) is 4.39 Å². The summed E-state index contributed by atoms with van der Waals surface area (Å²) in [5.41, 5.74) is 0.347. The molecular weight excluding hydrogens is 297 g/mol. The van der Waals surface area contributed by atoms with Gasteiger partial charge in [0, 0.05) is 6.54 Å². The fourth-order valence-electron chi connectivity index (χ4n) is 2.49. The minimum absolute atomic E-state index is 0.148. The van der Waals surface area contributed by atoms with Crippen LogP contribution in [-0.2, 0) is 14.8 Å². The highest BCUT2D eigenvalue weighted by molar-refractivity contribution is 7.89. The lowest BCUT2D eigenvalue weighted by Gasteiger charge is -2.26. The highest BCUT2D eigenvalue weighted by Crippen LogP contribution is 2.26. The van der Waals surface area contributed by atoms with E-state index in [1.165, 1.54) is 19.1 Å². The molecule has 2 rings (SSSR count). The Hall–Kier alpha value is -1.47. The van der Waals surface area contributed by atoms with Gasteiger partial charge in [-0.3, -0.25) is 4.79 Å². The van der Waals surface area contributed by atoms with Gasteiger partial charge in [0.15, 0.2) is 0 Å². The summed E-state index contributed by atoms with van der Waals surface area (Å²) in [4.78, 5) is 11.1. The molecule has 1 fully saturated rings. The number of carboxylic acid groups (broad SMARTS) is 1. The van der Waals surface area contributed by atoms with Gasteiger partial charge in [0.05, 0.1) is 4.90 Å². The van der Waals surface area contributed by atoms with Crippen LogP contribution >= 0.6 is 0 Å². The summed E-state index contributed by atoms with van der Waals surface area (Å²) < 4.78 is 39.8. The first kappa shape index (κ1) is 15.9. The summed E-state index contributed by atoms with van der Waals surface area (Å²) in [6.07, 6.45) is 2.35. The molecule has 0 radical (unpaired) electrons. The lowest BCUT2D eigenvalue weighted by Crippen LogP contribution is -2.44. The Bertz CT molecular complexity index is 644. The van der Waals surface area contributed by atoms with Crippen molar-refractivity contribution >= 4 is 16.0 Å². The second-order valence-electron chi connectivity index (χ2n) is 5.23. The van der Waals surface area contributed by atoms with E-state index < -0.39 is 27.9 Å². The number of rotatable bonds is 3. The largest absolute Gasteiger partial charge is 0.480 e. The summed E-state index contributed by atoms with van der Waals surface area (Å²) in [6, 6.07) is 2.57. The van der Waals surface area contributed by atoms with Gasteiger partial charge >= 0.3 is 5.97 Å². The predicted octanol–water partition coefficient (Wildman–Crippen LogP) is 2.15. The van der Waals surface area contributed by atoms with Crippen molar-refractivity contribution in [3.05, 3.63) is 29.6 Å². The second kappa shape index (κ2) is 6.11. The van der Waals surface area contributed by atoms with E-state index in [4.69, 9.17) is 0 Å². The van der Waals surface area contributed by atoms with E-state index >= 15 is 0 Å². The molecule has 1 heterocycles. The van der Waals surface area contributed by atoms with E-state index in [1.54, 1.807) is 0 Å². The number of halogens is 1. The van der Waals surface area contributed by atoms with Crippen molar-refractivity contribution in [1.82, 2.24) is 4.31 Å². The average Bonchev–Trinajstić information content (AvgIpc) is 2.67. The SMILES string of the molecule is Cc1ccc(S(=O)(=O)N2CCCCCC2C(=O)O)cc1F. The first-order valence-corrected chi connectivity index (χ1v) is 8.29. The molecule has 1 aromatic carbocycles. The van der Waals surface area contributed by atoms with Crippen LogP contribution in [0.2, 0.25) is 0 Å². The van der Waals surface area contributed by atoms with Crippen molar-refractivity contribution in [2.24, 2.45) is 0 Å². The highest BCUT2D eigenvalue weighted by Gasteiger charge is 2.36. The summed E-state index contributed by atoms with van der Waals surface area (Å²) >= 11 is 0. The fourth-order valence-corrected chi connectivity index (χ4v) is 4.15. The molecule has 1 aliphatic heterocycles. The topological polar surface area (TPSA) is 74.7 Å². The summed E-state index contributed by atoms with van der Waals surface area (Å²) in [5.74, 6) is -1.77. The second-order valence-corrected chi connectivity index (χ2v) is 7.12. The molecule has 1 N–H and O–H groups in total. The first-order valence-electron chi connectivity index (χ1n) is 6.85. The van der Waals surface area contributed by atoms with Crippen molar-refractivity contribution in [3.8, 4) is 0 Å². The van der Waals surface area contributed by atoms with Crippen LogP contribution in [0, 0.1) is 12.7 Å². The number of hydrogen-bond donors (Lipinski definition) is 1. The summed E-state index contributed by atoms with van der Waals surface area (Å²) in [7, 11) is -4.01. The quantitative estimate of drug-likeness (QED) is 0.927. The maximum Gasteiger partial charge on any atom is 0.322 e. The lowest BCUT2D eigenvalue weighted by molar-refractivity contribution is -0.141. The average molecular weight is 315 g/mol. The number of carboxylic acids is 1. The molecule has 1 atom stereocenters. The van der Waals surface area contributed by atoms with Crippen LogP contribution in [0.3, 0.4) is 0 Å².